The molecule has 0 atom stereocenters. The third-order valence-electron chi connectivity index (χ3n) is 5.88. The van der Waals surface area contributed by atoms with Gasteiger partial charge in [-0.15, -0.1) is 0 Å². The molecule has 8 heteroatoms. The number of thioether (sulfide) groups is 1. The van der Waals surface area contributed by atoms with Crippen molar-refractivity contribution < 1.29 is 13.9 Å². The van der Waals surface area contributed by atoms with Crippen LogP contribution in [0, 0.1) is 5.82 Å². The molecule has 4 rings (SSSR count). The number of fused-ring (bicyclic) bond motifs is 1. The van der Waals surface area contributed by atoms with Crippen LogP contribution >= 0.6 is 11.8 Å². The summed E-state index contributed by atoms with van der Waals surface area (Å²) in [5, 5.41) is 0.270. The smallest absolute Gasteiger partial charge is 0.343 e. The summed E-state index contributed by atoms with van der Waals surface area (Å²) in [4.78, 5) is 29.9. The predicted octanol–water partition coefficient (Wildman–Crippen LogP) is 3.27. The molecule has 162 valence electrons. The van der Waals surface area contributed by atoms with Gasteiger partial charge in [-0.2, -0.15) is 11.8 Å². The Morgan fingerprint density at radius 1 is 1.27 bits per heavy atom. The average molecular weight is 434 g/mol. The third-order valence-corrected chi connectivity index (χ3v) is 6.46. The zero-order valence-corrected chi connectivity index (χ0v) is 18.6. The monoisotopic (exact) mass is 433 g/mol. The van der Waals surface area contributed by atoms with E-state index in [4.69, 9.17) is 4.74 Å². The van der Waals surface area contributed by atoms with Crippen LogP contribution in [0.15, 0.2) is 17.1 Å². The molecule has 2 fully saturated rings. The first-order valence-corrected chi connectivity index (χ1v) is 11.8. The van der Waals surface area contributed by atoms with E-state index in [1.165, 1.54) is 6.07 Å². The van der Waals surface area contributed by atoms with Crippen LogP contribution in [0.2, 0.25) is 0 Å². The quantitative estimate of drug-likeness (QED) is 0.652. The first kappa shape index (κ1) is 21.2. The molecule has 1 aromatic heterocycles. The normalized spacial score (nSPS) is 17.5. The maximum atomic E-state index is 15.5. The van der Waals surface area contributed by atoms with Gasteiger partial charge < -0.3 is 19.1 Å². The van der Waals surface area contributed by atoms with Gasteiger partial charge in [0.15, 0.2) is 0 Å². The summed E-state index contributed by atoms with van der Waals surface area (Å²) >= 11 is 1.61. The fraction of sp³-hybridized carbons (Fsp3) is 0.545. The number of carbonyl (C=O) groups excluding carboxylic acids is 1. The molecular formula is C22H28FN3O3S. The van der Waals surface area contributed by atoms with E-state index in [9.17, 15) is 9.59 Å². The Labute approximate surface area is 180 Å². The number of halogens is 1. The molecule has 1 aromatic carbocycles. The van der Waals surface area contributed by atoms with Gasteiger partial charge in [-0.3, -0.25) is 4.79 Å². The van der Waals surface area contributed by atoms with E-state index in [1.54, 1.807) is 24.9 Å². The van der Waals surface area contributed by atoms with Crippen LogP contribution in [-0.2, 0) is 10.5 Å². The molecule has 0 N–H and O–H groups in total. The number of benzene rings is 1. The molecule has 6 nitrogen and oxygen atoms in total. The standard InChI is InChI=1S/C22H28FN3O3S/c1-4-29-22(28)16-12-26(14-5-6-14)19-15(21(16)27)11-18(23)20(17(19)13-30-3)25-9-7-24(2)8-10-25/h11-12,14H,4-10,13H2,1-3H3. The van der Waals surface area contributed by atoms with Crippen LogP contribution in [0.1, 0.15) is 41.7 Å². The van der Waals surface area contributed by atoms with Gasteiger partial charge in [-0.1, -0.05) is 0 Å². The van der Waals surface area contributed by atoms with Gasteiger partial charge in [0.05, 0.1) is 17.8 Å². The van der Waals surface area contributed by atoms with E-state index in [0.717, 1.165) is 50.1 Å². The summed E-state index contributed by atoms with van der Waals surface area (Å²) in [6.07, 6.45) is 5.59. The van der Waals surface area contributed by atoms with Crippen LogP contribution in [-0.4, -0.2) is 61.5 Å². The molecule has 0 unspecified atom stereocenters. The van der Waals surface area contributed by atoms with Gasteiger partial charge in [0.2, 0.25) is 5.43 Å². The summed E-state index contributed by atoms with van der Waals surface area (Å²) in [5.74, 6) is -0.439. The number of carbonyl (C=O) groups is 1. The molecule has 1 aliphatic carbocycles. The number of hydrogen-bond acceptors (Lipinski definition) is 6. The van der Waals surface area contributed by atoms with Gasteiger partial charge in [0.25, 0.3) is 0 Å². The highest BCUT2D eigenvalue weighted by Crippen LogP contribution is 2.41. The number of rotatable bonds is 6. The average Bonchev–Trinajstić information content (AvgIpc) is 3.55. The summed E-state index contributed by atoms with van der Waals surface area (Å²) < 4.78 is 22.6. The minimum absolute atomic E-state index is 0.0156. The Hall–Kier alpha value is -2.06. The number of esters is 1. The van der Waals surface area contributed by atoms with Crippen LogP contribution in [0.25, 0.3) is 10.9 Å². The zero-order chi connectivity index (χ0) is 21.4. The Balaban J connectivity index is 1.97. The molecular weight excluding hydrogens is 405 g/mol. The van der Waals surface area contributed by atoms with Crippen LogP contribution < -0.4 is 10.3 Å². The number of likely N-dealkylation sites (N-methyl/N-ethyl adjacent to an activating group) is 1. The van der Waals surface area contributed by atoms with Gasteiger partial charge in [0, 0.05) is 55.1 Å². The fourth-order valence-electron chi connectivity index (χ4n) is 4.21. The predicted molar refractivity (Wildman–Crippen MR) is 119 cm³/mol. The van der Waals surface area contributed by atoms with Crippen LogP contribution in [0.3, 0.4) is 0 Å². The number of aromatic nitrogens is 1. The van der Waals surface area contributed by atoms with Crippen molar-refractivity contribution in [3.05, 3.63) is 39.4 Å². The first-order chi connectivity index (χ1) is 14.5. The Morgan fingerprint density at radius 3 is 2.57 bits per heavy atom. The van der Waals surface area contributed by atoms with Crippen molar-refractivity contribution >= 4 is 34.3 Å². The minimum Gasteiger partial charge on any atom is -0.462 e. The molecule has 2 aromatic rings. The van der Waals surface area contributed by atoms with Crippen molar-refractivity contribution in [2.24, 2.45) is 0 Å². The molecule has 0 amide bonds. The SMILES string of the molecule is CCOC(=O)c1cn(C2CC2)c2c(CSC)c(N3CCN(C)CC3)c(F)cc2c1=O. The van der Waals surface area contributed by atoms with Crippen molar-refractivity contribution in [1.82, 2.24) is 9.47 Å². The highest BCUT2D eigenvalue weighted by molar-refractivity contribution is 7.97. The van der Waals surface area contributed by atoms with E-state index >= 15 is 4.39 Å². The lowest BCUT2D eigenvalue weighted by Crippen LogP contribution is -2.45. The summed E-state index contributed by atoms with van der Waals surface area (Å²) in [7, 11) is 2.07. The number of anilines is 1. The largest absolute Gasteiger partial charge is 0.462 e. The van der Waals surface area contributed by atoms with E-state index < -0.39 is 17.2 Å². The van der Waals surface area contributed by atoms with Crippen molar-refractivity contribution in [2.45, 2.75) is 31.6 Å². The third kappa shape index (κ3) is 3.83. The van der Waals surface area contributed by atoms with Crippen molar-refractivity contribution in [3.63, 3.8) is 0 Å². The maximum Gasteiger partial charge on any atom is 0.343 e. The molecule has 1 aliphatic heterocycles. The Kier molecular flexibility index (Phi) is 6.06. The van der Waals surface area contributed by atoms with Crippen molar-refractivity contribution in [1.29, 1.82) is 0 Å². The molecule has 1 saturated heterocycles. The molecule has 1 saturated carbocycles. The molecule has 2 heterocycles. The summed E-state index contributed by atoms with van der Waals surface area (Å²) in [6.45, 7) is 5.12. The van der Waals surface area contributed by atoms with E-state index in [2.05, 4.69) is 16.8 Å². The van der Waals surface area contributed by atoms with Crippen LogP contribution in [0.5, 0.6) is 0 Å². The second-order valence-electron chi connectivity index (χ2n) is 8.04. The fourth-order valence-corrected chi connectivity index (χ4v) is 4.77. The number of pyridine rings is 1. The van der Waals surface area contributed by atoms with E-state index in [0.29, 0.717) is 11.4 Å². The maximum absolute atomic E-state index is 15.5. The topological polar surface area (TPSA) is 54.8 Å². The number of hydrogen-bond donors (Lipinski definition) is 0. The van der Waals surface area contributed by atoms with Crippen LogP contribution in [0.4, 0.5) is 10.1 Å². The number of piperazine rings is 1. The van der Waals surface area contributed by atoms with Crippen molar-refractivity contribution in [3.8, 4) is 0 Å². The molecule has 0 spiro atoms. The lowest BCUT2D eigenvalue weighted by molar-refractivity contribution is 0.0524. The minimum atomic E-state index is -0.645. The van der Waals surface area contributed by atoms with Gasteiger partial charge in [-0.25, -0.2) is 9.18 Å². The Bertz CT molecular complexity index is 1030. The second-order valence-corrected chi connectivity index (χ2v) is 8.90. The van der Waals surface area contributed by atoms with E-state index in [-0.39, 0.29) is 23.6 Å². The molecule has 0 bridgehead atoms. The lowest BCUT2D eigenvalue weighted by atomic mass is 10.0. The molecule has 0 radical (unpaired) electrons. The van der Waals surface area contributed by atoms with E-state index in [1.807, 2.05) is 10.8 Å². The first-order valence-electron chi connectivity index (χ1n) is 10.5. The summed E-state index contributed by atoms with van der Waals surface area (Å²) in [6, 6.07) is 1.56. The number of ether oxygens (including phenoxy) is 1. The number of nitrogens with zero attached hydrogens (tertiary/aromatic N) is 3. The van der Waals surface area contributed by atoms with Gasteiger partial charge >= 0.3 is 5.97 Å². The highest BCUT2D eigenvalue weighted by atomic mass is 32.2. The highest BCUT2D eigenvalue weighted by Gasteiger charge is 2.31. The summed E-state index contributed by atoms with van der Waals surface area (Å²) in [5.41, 5.74) is 1.74. The van der Waals surface area contributed by atoms with Crippen molar-refractivity contribution in [2.75, 3.05) is 51.0 Å². The van der Waals surface area contributed by atoms with Gasteiger partial charge in [0.1, 0.15) is 11.4 Å². The second kappa shape index (κ2) is 8.59. The van der Waals surface area contributed by atoms with Gasteiger partial charge in [-0.05, 0) is 39.1 Å². The molecule has 30 heavy (non-hydrogen) atoms. The zero-order valence-electron chi connectivity index (χ0n) is 17.7. The Morgan fingerprint density at radius 2 is 1.97 bits per heavy atom. The lowest BCUT2D eigenvalue weighted by Gasteiger charge is -2.36. The molecule has 2 aliphatic rings.